The molecule has 1 N–H and O–H groups in total. The summed E-state index contributed by atoms with van der Waals surface area (Å²) in [6.07, 6.45) is 7.82. The van der Waals surface area contributed by atoms with Crippen molar-refractivity contribution in [3.8, 4) is 0 Å². The van der Waals surface area contributed by atoms with Gasteiger partial charge in [-0.15, -0.1) is 0 Å². The maximum Gasteiger partial charge on any atom is 0.0445 e. The molecule has 100 valence electrons. The molecule has 0 aliphatic heterocycles. The van der Waals surface area contributed by atoms with Crippen molar-refractivity contribution in [2.24, 2.45) is 0 Å². The van der Waals surface area contributed by atoms with E-state index >= 15 is 0 Å². The summed E-state index contributed by atoms with van der Waals surface area (Å²) in [5.74, 6) is 0. The Labute approximate surface area is 111 Å². The molecule has 1 saturated carbocycles. The van der Waals surface area contributed by atoms with Crippen LogP contribution in [0.25, 0.3) is 0 Å². The van der Waals surface area contributed by atoms with Crippen LogP contribution in [0.15, 0.2) is 18.5 Å². The highest BCUT2D eigenvalue weighted by atomic mass is 15.2. The number of nitrogens with zero attached hydrogens (tertiary/aromatic N) is 2. The van der Waals surface area contributed by atoms with Crippen LogP contribution >= 0.6 is 0 Å². The van der Waals surface area contributed by atoms with Crippen LogP contribution in [0, 0.1) is 0 Å². The lowest BCUT2D eigenvalue weighted by Crippen LogP contribution is -2.29. The first-order valence-corrected chi connectivity index (χ1v) is 7.15. The molecule has 0 radical (unpaired) electrons. The van der Waals surface area contributed by atoms with E-state index in [1.165, 1.54) is 30.5 Å². The zero-order chi connectivity index (χ0) is 13.0. The van der Waals surface area contributed by atoms with Gasteiger partial charge in [-0.2, -0.15) is 0 Å². The first kappa shape index (κ1) is 13.3. The van der Waals surface area contributed by atoms with Gasteiger partial charge < -0.3 is 10.2 Å². The van der Waals surface area contributed by atoms with Crippen LogP contribution in [0.5, 0.6) is 0 Å². The van der Waals surface area contributed by atoms with E-state index in [1.807, 2.05) is 12.4 Å². The molecular formula is C15H25N3. The van der Waals surface area contributed by atoms with Gasteiger partial charge in [-0.3, -0.25) is 4.98 Å². The Morgan fingerprint density at radius 2 is 2.22 bits per heavy atom. The fourth-order valence-corrected chi connectivity index (χ4v) is 2.28. The summed E-state index contributed by atoms with van der Waals surface area (Å²) >= 11 is 0. The second-order valence-electron chi connectivity index (χ2n) is 5.46. The molecule has 1 fully saturated rings. The molecule has 0 unspecified atom stereocenters. The SMILES string of the molecule is CCCN(c1ccncc1CNC(C)C)C1CC1. The minimum absolute atomic E-state index is 0.513. The van der Waals surface area contributed by atoms with E-state index in [0.717, 1.165) is 19.1 Å². The van der Waals surface area contributed by atoms with E-state index in [1.54, 1.807) is 0 Å². The van der Waals surface area contributed by atoms with Crippen LogP contribution in [0.4, 0.5) is 5.69 Å². The van der Waals surface area contributed by atoms with Crippen molar-refractivity contribution in [3.63, 3.8) is 0 Å². The summed E-state index contributed by atoms with van der Waals surface area (Å²) in [4.78, 5) is 6.85. The Bertz CT molecular complexity index is 372. The highest BCUT2D eigenvalue weighted by Gasteiger charge is 2.29. The van der Waals surface area contributed by atoms with Gasteiger partial charge in [0.05, 0.1) is 0 Å². The normalized spacial score (nSPS) is 15.1. The van der Waals surface area contributed by atoms with Gasteiger partial charge in [0.2, 0.25) is 0 Å². The Hall–Kier alpha value is -1.09. The Kier molecular flexibility index (Phi) is 4.59. The fraction of sp³-hybridized carbons (Fsp3) is 0.667. The molecule has 1 aliphatic carbocycles. The van der Waals surface area contributed by atoms with Crippen molar-refractivity contribution < 1.29 is 0 Å². The molecule has 1 aromatic heterocycles. The number of nitrogens with one attached hydrogen (secondary N) is 1. The van der Waals surface area contributed by atoms with Crippen LogP contribution in [0.2, 0.25) is 0 Å². The van der Waals surface area contributed by atoms with Gasteiger partial charge in [0.15, 0.2) is 0 Å². The molecular weight excluding hydrogens is 222 g/mol. The largest absolute Gasteiger partial charge is 0.368 e. The van der Waals surface area contributed by atoms with Crippen molar-refractivity contribution in [2.75, 3.05) is 11.4 Å². The maximum atomic E-state index is 4.28. The minimum atomic E-state index is 0.513. The van der Waals surface area contributed by atoms with Gasteiger partial charge >= 0.3 is 0 Å². The topological polar surface area (TPSA) is 28.2 Å². The molecule has 1 aliphatic rings. The summed E-state index contributed by atoms with van der Waals surface area (Å²) < 4.78 is 0. The average molecular weight is 247 g/mol. The van der Waals surface area contributed by atoms with Crippen molar-refractivity contribution >= 4 is 5.69 Å². The third-order valence-electron chi connectivity index (χ3n) is 3.34. The maximum absolute atomic E-state index is 4.28. The van der Waals surface area contributed by atoms with Gasteiger partial charge in [0.1, 0.15) is 0 Å². The monoisotopic (exact) mass is 247 g/mol. The quantitative estimate of drug-likeness (QED) is 0.803. The molecule has 0 bridgehead atoms. The van der Waals surface area contributed by atoms with Gasteiger partial charge in [-0.05, 0) is 25.3 Å². The van der Waals surface area contributed by atoms with Gasteiger partial charge in [0.25, 0.3) is 0 Å². The van der Waals surface area contributed by atoms with Gasteiger partial charge in [-0.25, -0.2) is 0 Å². The lowest BCUT2D eigenvalue weighted by Gasteiger charge is -2.26. The van der Waals surface area contributed by atoms with Crippen LogP contribution in [0.1, 0.15) is 45.6 Å². The number of hydrogen-bond donors (Lipinski definition) is 1. The second-order valence-corrected chi connectivity index (χ2v) is 5.46. The molecule has 18 heavy (non-hydrogen) atoms. The first-order valence-electron chi connectivity index (χ1n) is 7.15. The lowest BCUT2D eigenvalue weighted by atomic mass is 10.2. The number of pyridine rings is 1. The van der Waals surface area contributed by atoms with E-state index in [-0.39, 0.29) is 0 Å². The Balaban J connectivity index is 2.13. The van der Waals surface area contributed by atoms with Crippen LogP contribution in [-0.2, 0) is 6.54 Å². The van der Waals surface area contributed by atoms with E-state index in [2.05, 4.69) is 42.0 Å². The third kappa shape index (κ3) is 3.45. The number of hydrogen-bond acceptors (Lipinski definition) is 3. The molecule has 0 aromatic carbocycles. The van der Waals surface area contributed by atoms with Gasteiger partial charge in [-0.1, -0.05) is 20.8 Å². The van der Waals surface area contributed by atoms with E-state index < -0.39 is 0 Å². The molecule has 0 saturated heterocycles. The second kappa shape index (κ2) is 6.19. The van der Waals surface area contributed by atoms with Crippen molar-refractivity contribution in [2.45, 2.75) is 58.7 Å². The summed E-state index contributed by atoms with van der Waals surface area (Å²) in [6, 6.07) is 3.45. The van der Waals surface area contributed by atoms with Crippen molar-refractivity contribution in [1.82, 2.24) is 10.3 Å². The summed E-state index contributed by atoms with van der Waals surface area (Å²) in [5, 5.41) is 3.49. The summed E-state index contributed by atoms with van der Waals surface area (Å²) in [5.41, 5.74) is 2.70. The number of aromatic nitrogens is 1. The first-order chi connectivity index (χ1) is 8.72. The smallest absolute Gasteiger partial charge is 0.0445 e. The molecule has 1 heterocycles. The van der Waals surface area contributed by atoms with Crippen LogP contribution in [-0.4, -0.2) is 23.6 Å². The van der Waals surface area contributed by atoms with E-state index in [9.17, 15) is 0 Å². The molecule has 0 spiro atoms. The zero-order valence-electron chi connectivity index (χ0n) is 11.8. The molecule has 0 amide bonds. The number of anilines is 1. The Morgan fingerprint density at radius 1 is 1.44 bits per heavy atom. The highest BCUT2D eigenvalue weighted by Crippen LogP contribution is 2.33. The zero-order valence-corrected chi connectivity index (χ0v) is 11.8. The predicted molar refractivity (Wildman–Crippen MR) is 76.9 cm³/mol. The standard InChI is InChI=1S/C15H25N3/c1-4-9-18(14-5-6-14)15-7-8-16-10-13(15)11-17-12(2)3/h7-8,10,12,14,17H,4-6,9,11H2,1-3H3. The third-order valence-corrected chi connectivity index (χ3v) is 3.34. The van der Waals surface area contributed by atoms with Crippen LogP contribution in [0.3, 0.4) is 0 Å². The van der Waals surface area contributed by atoms with Crippen molar-refractivity contribution in [3.05, 3.63) is 24.0 Å². The van der Waals surface area contributed by atoms with E-state index in [4.69, 9.17) is 0 Å². The van der Waals surface area contributed by atoms with Gasteiger partial charge in [0, 0.05) is 48.8 Å². The summed E-state index contributed by atoms with van der Waals surface area (Å²) in [6.45, 7) is 8.68. The average Bonchev–Trinajstić information content (AvgIpc) is 3.18. The molecule has 3 nitrogen and oxygen atoms in total. The number of rotatable bonds is 7. The lowest BCUT2D eigenvalue weighted by molar-refractivity contribution is 0.586. The highest BCUT2D eigenvalue weighted by molar-refractivity contribution is 5.54. The predicted octanol–water partition coefficient (Wildman–Crippen LogP) is 2.96. The molecule has 2 rings (SSSR count). The minimum Gasteiger partial charge on any atom is -0.368 e. The summed E-state index contributed by atoms with van der Waals surface area (Å²) in [7, 11) is 0. The Morgan fingerprint density at radius 3 is 2.83 bits per heavy atom. The molecule has 0 atom stereocenters. The molecule has 3 heteroatoms. The molecule has 1 aromatic rings. The van der Waals surface area contributed by atoms with E-state index in [0.29, 0.717) is 6.04 Å². The van der Waals surface area contributed by atoms with Crippen molar-refractivity contribution in [1.29, 1.82) is 0 Å². The fourth-order valence-electron chi connectivity index (χ4n) is 2.28. The van der Waals surface area contributed by atoms with Crippen LogP contribution < -0.4 is 10.2 Å².